The number of halogens is 1. The van der Waals surface area contributed by atoms with Crippen LogP contribution < -0.4 is 5.32 Å². The molecule has 1 N–H and O–H groups in total. The number of imide groups is 1. The van der Waals surface area contributed by atoms with Crippen molar-refractivity contribution < 1.29 is 19.1 Å². The highest BCUT2D eigenvalue weighted by molar-refractivity contribution is 6.30. The quantitative estimate of drug-likeness (QED) is 0.400. The fourth-order valence-corrected chi connectivity index (χ4v) is 3.91. The Kier molecular flexibility index (Phi) is 6.37. The third-order valence-corrected chi connectivity index (χ3v) is 5.35. The Bertz CT molecular complexity index is 941. The first-order valence-corrected chi connectivity index (χ1v) is 10.1. The van der Waals surface area contributed by atoms with Crippen LogP contribution in [0, 0.1) is 0 Å². The van der Waals surface area contributed by atoms with Gasteiger partial charge >= 0.3 is 12.0 Å². The highest BCUT2D eigenvalue weighted by Gasteiger charge is 2.50. The molecule has 0 saturated carbocycles. The van der Waals surface area contributed by atoms with Crippen molar-refractivity contribution >= 4 is 40.4 Å². The van der Waals surface area contributed by atoms with Gasteiger partial charge in [-0.1, -0.05) is 56.5 Å². The molecule has 1 aliphatic heterocycles. The van der Waals surface area contributed by atoms with Crippen LogP contribution in [0.25, 0.3) is 10.9 Å². The number of hydrogen-bond acceptors (Lipinski definition) is 5. The van der Waals surface area contributed by atoms with Crippen molar-refractivity contribution in [1.82, 2.24) is 15.2 Å². The van der Waals surface area contributed by atoms with E-state index in [9.17, 15) is 14.4 Å². The molecule has 7 nitrogen and oxygen atoms in total. The predicted octanol–water partition coefficient (Wildman–Crippen LogP) is 3.82. The summed E-state index contributed by atoms with van der Waals surface area (Å²) in [5.41, 5.74) is 0.379. The van der Waals surface area contributed by atoms with Crippen molar-refractivity contribution in [3.63, 3.8) is 0 Å². The summed E-state index contributed by atoms with van der Waals surface area (Å²) in [6.45, 7) is 3.39. The summed E-state index contributed by atoms with van der Waals surface area (Å²) >= 11 is 6.18. The van der Waals surface area contributed by atoms with Gasteiger partial charge in [-0.3, -0.25) is 14.5 Å². The number of fused-ring (bicyclic) bond motifs is 1. The minimum Gasteiger partial charge on any atom is -0.459 e. The minimum absolute atomic E-state index is 0.0891. The largest absolute Gasteiger partial charge is 0.459 e. The van der Waals surface area contributed by atoms with E-state index in [1.54, 1.807) is 6.07 Å². The first kappa shape index (κ1) is 21.0. The Morgan fingerprint density at radius 2 is 1.90 bits per heavy atom. The van der Waals surface area contributed by atoms with Gasteiger partial charge in [-0.2, -0.15) is 0 Å². The normalized spacial score (nSPS) is 15.6. The summed E-state index contributed by atoms with van der Waals surface area (Å²) in [6, 6.07) is 8.72. The summed E-state index contributed by atoms with van der Waals surface area (Å²) in [7, 11) is 0. The van der Waals surface area contributed by atoms with Crippen LogP contribution in [-0.2, 0) is 20.9 Å². The van der Waals surface area contributed by atoms with E-state index in [1.165, 1.54) is 0 Å². The van der Waals surface area contributed by atoms with Crippen LogP contribution in [0.2, 0.25) is 5.15 Å². The average Bonchev–Trinajstić information content (AvgIpc) is 2.91. The number of nitrogens with zero attached hydrogens (tertiary/aromatic N) is 2. The predicted molar refractivity (Wildman–Crippen MR) is 109 cm³/mol. The molecule has 0 aliphatic carbocycles. The van der Waals surface area contributed by atoms with Crippen molar-refractivity contribution in [1.29, 1.82) is 0 Å². The van der Waals surface area contributed by atoms with E-state index in [-0.39, 0.29) is 17.7 Å². The number of amides is 3. The van der Waals surface area contributed by atoms with Gasteiger partial charge in [0.25, 0.3) is 5.91 Å². The third kappa shape index (κ3) is 4.34. The van der Waals surface area contributed by atoms with Gasteiger partial charge in [0.05, 0.1) is 5.52 Å². The SMILES string of the molecule is CCCC1(CCC)NC(=O)N(CC(=O)OCc2cc3ccccc3nc2Cl)C1=O. The van der Waals surface area contributed by atoms with Crippen LogP contribution in [-0.4, -0.2) is 39.9 Å². The Hall–Kier alpha value is -2.67. The number of para-hydroxylation sites is 1. The summed E-state index contributed by atoms with van der Waals surface area (Å²) in [4.78, 5) is 42.7. The maximum Gasteiger partial charge on any atom is 0.326 e. The fraction of sp³-hybridized carbons (Fsp3) is 0.429. The number of hydrogen-bond donors (Lipinski definition) is 1. The van der Waals surface area contributed by atoms with Gasteiger partial charge in [-0.15, -0.1) is 0 Å². The van der Waals surface area contributed by atoms with Gasteiger partial charge in [-0.25, -0.2) is 9.78 Å². The molecule has 1 fully saturated rings. The molecule has 0 atom stereocenters. The Balaban J connectivity index is 1.66. The van der Waals surface area contributed by atoms with Gasteiger partial charge in [-0.05, 0) is 25.0 Å². The molecule has 1 aliphatic rings. The zero-order valence-electron chi connectivity index (χ0n) is 16.5. The minimum atomic E-state index is -0.924. The monoisotopic (exact) mass is 417 g/mol. The topological polar surface area (TPSA) is 88.6 Å². The second-order valence-electron chi connectivity index (χ2n) is 7.20. The molecule has 29 heavy (non-hydrogen) atoms. The van der Waals surface area contributed by atoms with E-state index in [2.05, 4.69) is 10.3 Å². The van der Waals surface area contributed by atoms with Crippen LogP contribution in [0.5, 0.6) is 0 Å². The number of aromatic nitrogens is 1. The standard InChI is InChI=1S/C21H24ClN3O4/c1-3-9-21(10-4-2)19(27)25(20(28)24-21)12-17(26)29-13-15-11-14-7-5-6-8-16(14)23-18(15)22/h5-8,11H,3-4,9-10,12-13H2,1-2H3,(H,24,28). The molecule has 1 saturated heterocycles. The lowest BCUT2D eigenvalue weighted by Crippen LogP contribution is -2.47. The first-order chi connectivity index (χ1) is 13.9. The molecule has 0 bridgehead atoms. The highest BCUT2D eigenvalue weighted by atomic mass is 35.5. The summed E-state index contributed by atoms with van der Waals surface area (Å²) in [5, 5.41) is 3.90. The number of benzene rings is 1. The Morgan fingerprint density at radius 1 is 1.21 bits per heavy atom. The summed E-state index contributed by atoms with van der Waals surface area (Å²) in [6.07, 6.45) is 2.57. The van der Waals surface area contributed by atoms with E-state index in [0.29, 0.717) is 18.4 Å². The van der Waals surface area contributed by atoms with E-state index in [4.69, 9.17) is 16.3 Å². The number of esters is 1. The molecule has 0 spiro atoms. The van der Waals surface area contributed by atoms with Crippen molar-refractivity contribution in [2.45, 2.75) is 51.7 Å². The van der Waals surface area contributed by atoms with Crippen LogP contribution >= 0.6 is 11.6 Å². The number of carbonyl (C=O) groups excluding carboxylic acids is 3. The number of ether oxygens (including phenoxy) is 1. The molecule has 1 aromatic carbocycles. The second kappa shape index (κ2) is 8.78. The molecule has 0 unspecified atom stereocenters. The van der Waals surface area contributed by atoms with Crippen LogP contribution in [0.15, 0.2) is 30.3 Å². The van der Waals surface area contributed by atoms with Gasteiger partial charge < -0.3 is 10.1 Å². The number of pyridine rings is 1. The maximum atomic E-state index is 12.8. The van der Waals surface area contributed by atoms with E-state index < -0.39 is 24.1 Å². The van der Waals surface area contributed by atoms with Crippen LogP contribution in [0.1, 0.15) is 45.1 Å². The zero-order chi connectivity index (χ0) is 21.0. The summed E-state index contributed by atoms with van der Waals surface area (Å²) < 4.78 is 5.27. The molecular weight excluding hydrogens is 394 g/mol. The van der Waals surface area contributed by atoms with Crippen molar-refractivity contribution in [2.75, 3.05) is 6.54 Å². The lowest BCUT2D eigenvalue weighted by molar-refractivity contribution is -0.149. The van der Waals surface area contributed by atoms with Crippen molar-refractivity contribution in [3.8, 4) is 0 Å². The second-order valence-corrected chi connectivity index (χ2v) is 7.55. The lowest BCUT2D eigenvalue weighted by atomic mass is 9.88. The van der Waals surface area contributed by atoms with Crippen molar-refractivity contribution in [2.24, 2.45) is 0 Å². The van der Waals surface area contributed by atoms with Crippen molar-refractivity contribution in [3.05, 3.63) is 41.0 Å². The lowest BCUT2D eigenvalue weighted by Gasteiger charge is -2.25. The molecule has 2 aromatic rings. The van der Waals surface area contributed by atoms with E-state index in [1.807, 2.05) is 38.1 Å². The molecule has 1 aromatic heterocycles. The Morgan fingerprint density at radius 3 is 2.59 bits per heavy atom. The first-order valence-electron chi connectivity index (χ1n) is 9.74. The number of rotatable bonds is 8. The molecule has 3 amide bonds. The van der Waals surface area contributed by atoms with Crippen LogP contribution in [0.3, 0.4) is 0 Å². The van der Waals surface area contributed by atoms with Gasteiger partial charge in [0.15, 0.2) is 0 Å². The van der Waals surface area contributed by atoms with Gasteiger partial charge in [0.2, 0.25) is 0 Å². The van der Waals surface area contributed by atoms with E-state index in [0.717, 1.165) is 28.6 Å². The van der Waals surface area contributed by atoms with E-state index >= 15 is 0 Å². The van der Waals surface area contributed by atoms with Crippen LogP contribution in [0.4, 0.5) is 4.79 Å². The molecule has 154 valence electrons. The molecule has 8 heteroatoms. The fourth-order valence-electron chi connectivity index (χ4n) is 3.71. The average molecular weight is 418 g/mol. The van der Waals surface area contributed by atoms with Gasteiger partial charge in [0.1, 0.15) is 23.8 Å². The van der Waals surface area contributed by atoms with Gasteiger partial charge in [0, 0.05) is 10.9 Å². The number of carbonyl (C=O) groups is 3. The number of nitrogens with one attached hydrogen (secondary N) is 1. The highest BCUT2D eigenvalue weighted by Crippen LogP contribution is 2.28. The molecule has 2 heterocycles. The molecular formula is C21H24ClN3O4. The molecule has 3 rings (SSSR count). The summed E-state index contributed by atoms with van der Waals surface area (Å²) in [5.74, 6) is -1.05. The maximum absolute atomic E-state index is 12.8. The molecule has 0 radical (unpaired) electrons. The smallest absolute Gasteiger partial charge is 0.326 e. The third-order valence-electron chi connectivity index (χ3n) is 5.03. The number of urea groups is 1. The Labute approximate surface area is 174 Å². The zero-order valence-corrected chi connectivity index (χ0v) is 17.3.